The van der Waals surface area contributed by atoms with Crippen molar-refractivity contribution >= 4 is 0 Å². The molecule has 1 aliphatic carbocycles. The maximum Gasteiger partial charge on any atom is 0.137 e. The van der Waals surface area contributed by atoms with Crippen molar-refractivity contribution in [1.82, 2.24) is 4.98 Å². The fourth-order valence-electron chi connectivity index (χ4n) is 2.39. The Morgan fingerprint density at radius 2 is 1.88 bits per heavy atom. The monoisotopic (exact) mass is 221 g/mol. The molecular formula is C13H19NO2. The van der Waals surface area contributed by atoms with E-state index in [0.29, 0.717) is 0 Å². The predicted molar refractivity (Wildman–Crippen MR) is 62.4 cm³/mol. The molecule has 1 aromatic heterocycles. The van der Waals surface area contributed by atoms with Crippen LogP contribution in [-0.2, 0) is 5.60 Å². The van der Waals surface area contributed by atoms with Gasteiger partial charge in [0.05, 0.1) is 18.9 Å². The van der Waals surface area contributed by atoms with Crippen LogP contribution in [0.3, 0.4) is 0 Å². The quantitative estimate of drug-likeness (QED) is 0.781. The van der Waals surface area contributed by atoms with E-state index in [1.807, 2.05) is 6.07 Å². The van der Waals surface area contributed by atoms with E-state index in [0.717, 1.165) is 37.0 Å². The molecule has 0 aliphatic heterocycles. The summed E-state index contributed by atoms with van der Waals surface area (Å²) in [5.41, 5.74) is 0.201. The van der Waals surface area contributed by atoms with Crippen molar-refractivity contribution in [3.63, 3.8) is 0 Å². The predicted octanol–water partition coefficient (Wildman–Crippen LogP) is 2.63. The Labute approximate surface area is 96.5 Å². The number of nitrogens with zero attached hydrogens (tertiary/aromatic N) is 1. The van der Waals surface area contributed by atoms with E-state index < -0.39 is 5.60 Å². The largest absolute Gasteiger partial charge is 0.495 e. The zero-order valence-electron chi connectivity index (χ0n) is 9.78. The van der Waals surface area contributed by atoms with E-state index in [1.54, 1.807) is 19.5 Å². The van der Waals surface area contributed by atoms with Gasteiger partial charge in [0.1, 0.15) is 5.75 Å². The minimum atomic E-state index is -0.696. The van der Waals surface area contributed by atoms with Gasteiger partial charge in [0.2, 0.25) is 0 Å². The summed E-state index contributed by atoms with van der Waals surface area (Å²) in [5.74, 6) is 0.718. The molecule has 0 unspecified atom stereocenters. The van der Waals surface area contributed by atoms with Gasteiger partial charge in [0.15, 0.2) is 0 Å². The molecule has 1 N–H and O–H groups in total. The van der Waals surface area contributed by atoms with Crippen molar-refractivity contribution in [1.29, 1.82) is 0 Å². The minimum Gasteiger partial charge on any atom is -0.495 e. The number of rotatable bonds is 2. The Morgan fingerprint density at radius 1 is 1.19 bits per heavy atom. The topological polar surface area (TPSA) is 42.4 Å². The summed E-state index contributed by atoms with van der Waals surface area (Å²) in [4.78, 5) is 4.12. The number of ether oxygens (including phenoxy) is 1. The molecule has 0 spiro atoms. The van der Waals surface area contributed by atoms with Gasteiger partial charge in [-0.25, -0.2) is 0 Å². The summed E-state index contributed by atoms with van der Waals surface area (Å²) in [7, 11) is 1.62. The first-order valence-corrected chi connectivity index (χ1v) is 5.96. The molecule has 1 heterocycles. The van der Waals surface area contributed by atoms with Crippen LogP contribution in [0.4, 0.5) is 0 Å². The lowest BCUT2D eigenvalue weighted by molar-refractivity contribution is 0.0202. The van der Waals surface area contributed by atoms with Crippen molar-refractivity contribution in [3.8, 4) is 5.75 Å². The van der Waals surface area contributed by atoms with Gasteiger partial charge >= 0.3 is 0 Å². The van der Waals surface area contributed by atoms with Crippen molar-refractivity contribution in [2.24, 2.45) is 0 Å². The molecular weight excluding hydrogens is 202 g/mol. The molecule has 0 radical (unpaired) electrons. The third-order valence-corrected chi connectivity index (χ3v) is 3.42. The average Bonchev–Trinajstić information content (AvgIpc) is 2.55. The zero-order chi connectivity index (χ0) is 11.4. The maximum absolute atomic E-state index is 10.6. The Hall–Kier alpha value is -1.09. The zero-order valence-corrected chi connectivity index (χ0v) is 9.78. The van der Waals surface area contributed by atoms with Crippen LogP contribution < -0.4 is 4.74 Å². The number of pyridine rings is 1. The van der Waals surface area contributed by atoms with Crippen LogP contribution in [0, 0.1) is 0 Å². The highest BCUT2D eigenvalue weighted by Gasteiger charge is 2.30. The van der Waals surface area contributed by atoms with Crippen LogP contribution in [0.25, 0.3) is 0 Å². The van der Waals surface area contributed by atoms with Gasteiger partial charge in [-0.3, -0.25) is 4.98 Å². The molecule has 3 heteroatoms. The first-order chi connectivity index (χ1) is 7.74. The highest BCUT2D eigenvalue weighted by atomic mass is 16.5. The lowest BCUT2D eigenvalue weighted by Gasteiger charge is -2.26. The average molecular weight is 221 g/mol. The van der Waals surface area contributed by atoms with Crippen molar-refractivity contribution < 1.29 is 9.84 Å². The lowest BCUT2D eigenvalue weighted by atomic mass is 9.87. The van der Waals surface area contributed by atoms with Gasteiger partial charge in [0, 0.05) is 11.8 Å². The number of methoxy groups -OCH3 is 1. The molecule has 3 nitrogen and oxygen atoms in total. The van der Waals surface area contributed by atoms with Crippen LogP contribution in [0.1, 0.15) is 44.1 Å². The third kappa shape index (κ3) is 2.35. The second-order valence-corrected chi connectivity index (χ2v) is 4.56. The number of aromatic nitrogens is 1. The molecule has 2 rings (SSSR count). The van der Waals surface area contributed by atoms with Crippen LogP contribution in [-0.4, -0.2) is 17.2 Å². The summed E-state index contributed by atoms with van der Waals surface area (Å²) >= 11 is 0. The Morgan fingerprint density at radius 3 is 2.50 bits per heavy atom. The minimum absolute atomic E-state index is 0.696. The maximum atomic E-state index is 10.6. The molecule has 1 aromatic rings. The second kappa shape index (κ2) is 4.83. The van der Waals surface area contributed by atoms with E-state index in [-0.39, 0.29) is 0 Å². The van der Waals surface area contributed by atoms with Crippen LogP contribution in [0.5, 0.6) is 5.75 Å². The standard InChI is InChI=1S/C13H19NO2/c1-16-12-8-11(9-14-10-12)13(15)6-4-2-3-5-7-13/h8-10,15H,2-7H2,1H3. The van der Waals surface area contributed by atoms with Crippen LogP contribution >= 0.6 is 0 Å². The van der Waals surface area contributed by atoms with E-state index in [4.69, 9.17) is 4.74 Å². The summed E-state index contributed by atoms with van der Waals surface area (Å²) in [5, 5.41) is 10.6. The van der Waals surface area contributed by atoms with E-state index in [2.05, 4.69) is 4.98 Å². The fraction of sp³-hybridized carbons (Fsp3) is 0.615. The van der Waals surface area contributed by atoms with Gasteiger partial charge in [0.25, 0.3) is 0 Å². The normalized spacial score (nSPS) is 20.1. The molecule has 0 amide bonds. The summed E-state index contributed by atoms with van der Waals surface area (Å²) in [6, 6.07) is 1.90. The van der Waals surface area contributed by atoms with Gasteiger partial charge in [-0.05, 0) is 18.9 Å². The molecule has 0 aromatic carbocycles. The molecule has 0 atom stereocenters. The summed E-state index contributed by atoms with van der Waals surface area (Å²) in [6.07, 6.45) is 9.72. The molecule has 16 heavy (non-hydrogen) atoms. The molecule has 0 bridgehead atoms. The van der Waals surface area contributed by atoms with Crippen molar-refractivity contribution in [2.45, 2.75) is 44.1 Å². The number of aliphatic hydroxyl groups is 1. The van der Waals surface area contributed by atoms with Crippen molar-refractivity contribution in [2.75, 3.05) is 7.11 Å². The van der Waals surface area contributed by atoms with Crippen LogP contribution in [0.2, 0.25) is 0 Å². The van der Waals surface area contributed by atoms with Crippen molar-refractivity contribution in [3.05, 3.63) is 24.0 Å². The van der Waals surface area contributed by atoms with Gasteiger partial charge in [-0.15, -0.1) is 0 Å². The van der Waals surface area contributed by atoms with E-state index in [9.17, 15) is 5.11 Å². The Bertz CT molecular complexity index is 344. The molecule has 1 aliphatic rings. The first-order valence-electron chi connectivity index (χ1n) is 5.96. The number of hydrogen-bond donors (Lipinski definition) is 1. The Kier molecular flexibility index (Phi) is 3.44. The Balaban J connectivity index is 2.25. The molecule has 88 valence electrons. The number of hydrogen-bond acceptors (Lipinski definition) is 3. The van der Waals surface area contributed by atoms with Gasteiger partial charge in [-0.2, -0.15) is 0 Å². The smallest absolute Gasteiger partial charge is 0.137 e. The van der Waals surface area contributed by atoms with Crippen LogP contribution in [0.15, 0.2) is 18.5 Å². The third-order valence-electron chi connectivity index (χ3n) is 3.42. The second-order valence-electron chi connectivity index (χ2n) is 4.56. The van der Waals surface area contributed by atoms with Gasteiger partial charge in [-0.1, -0.05) is 25.7 Å². The summed E-state index contributed by atoms with van der Waals surface area (Å²) in [6.45, 7) is 0. The molecule has 1 fully saturated rings. The van der Waals surface area contributed by atoms with E-state index >= 15 is 0 Å². The summed E-state index contributed by atoms with van der Waals surface area (Å²) < 4.78 is 5.15. The van der Waals surface area contributed by atoms with E-state index in [1.165, 1.54) is 12.8 Å². The highest BCUT2D eigenvalue weighted by molar-refractivity contribution is 5.28. The SMILES string of the molecule is COc1cncc(C2(O)CCCCCC2)c1. The molecule has 1 saturated carbocycles. The lowest BCUT2D eigenvalue weighted by Crippen LogP contribution is -2.24. The van der Waals surface area contributed by atoms with Gasteiger partial charge < -0.3 is 9.84 Å². The highest BCUT2D eigenvalue weighted by Crippen LogP contribution is 2.36. The fourth-order valence-corrected chi connectivity index (χ4v) is 2.39. The first kappa shape index (κ1) is 11.4. The molecule has 0 saturated heterocycles.